The van der Waals surface area contributed by atoms with E-state index in [-0.39, 0.29) is 12.4 Å². The van der Waals surface area contributed by atoms with Crippen LogP contribution >= 0.6 is 0 Å². The Hall–Kier alpha value is -3.65. The van der Waals surface area contributed by atoms with Crippen molar-refractivity contribution < 1.29 is 5.11 Å². The van der Waals surface area contributed by atoms with Gasteiger partial charge in [-0.1, -0.05) is 24.3 Å². The first-order valence-corrected chi connectivity index (χ1v) is 7.91. The molecule has 0 bridgehead atoms. The van der Waals surface area contributed by atoms with Crippen molar-refractivity contribution in [1.29, 1.82) is 0 Å². The molecule has 4 aromatic rings. The lowest BCUT2D eigenvalue weighted by Crippen LogP contribution is -2.00. The monoisotopic (exact) mass is 345 g/mol. The van der Waals surface area contributed by atoms with Crippen LogP contribution in [-0.2, 0) is 6.61 Å². The van der Waals surface area contributed by atoms with E-state index in [1.165, 1.54) is 0 Å². The minimum atomic E-state index is -0.0430. The molecule has 8 heteroatoms. The third-order valence-corrected chi connectivity index (χ3v) is 3.81. The smallest absolute Gasteiger partial charge is 0.200 e. The molecule has 8 nitrogen and oxygen atoms in total. The van der Waals surface area contributed by atoms with Gasteiger partial charge in [-0.3, -0.25) is 10.1 Å². The van der Waals surface area contributed by atoms with Gasteiger partial charge < -0.3 is 10.8 Å². The molecule has 0 aliphatic rings. The number of nitrogen functional groups attached to an aromatic ring is 1. The Morgan fingerprint density at radius 3 is 2.73 bits per heavy atom. The summed E-state index contributed by atoms with van der Waals surface area (Å²) in [5.41, 5.74) is 9.29. The quantitative estimate of drug-likeness (QED) is 0.516. The Morgan fingerprint density at radius 1 is 1.00 bits per heavy atom. The molecule has 4 rings (SSSR count). The highest BCUT2D eigenvalue weighted by molar-refractivity contribution is 5.70. The maximum absolute atomic E-state index is 9.31. The van der Waals surface area contributed by atoms with Crippen LogP contribution in [0, 0.1) is 0 Å². The van der Waals surface area contributed by atoms with E-state index in [4.69, 9.17) is 5.73 Å². The molecular weight excluding hydrogens is 330 g/mol. The highest BCUT2D eigenvalue weighted by Crippen LogP contribution is 2.25. The van der Waals surface area contributed by atoms with E-state index < -0.39 is 0 Å². The molecule has 0 fully saturated rings. The summed E-state index contributed by atoms with van der Waals surface area (Å²) in [6.45, 7) is -0.0430. The van der Waals surface area contributed by atoms with E-state index in [9.17, 15) is 5.11 Å². The number of aliphatic hydroxyl groups excluding tert-OH is 1. The van der Waals surface area contributed by atoms with E-state index in [1.54, 1.807) is 12.4 Å². The number of aliphatic hydroxyl groups is 1. The topological polar surface area (TPSA) is 126 Å². The van der Waals surface area contributed by atoms with Crippen molar-refractivity contribution in [2.45, 2.75) is 6.61 Å². The fourth-order valence-corrected chi connectivity index (χ4v) is 2.52. The van der Waals surface area contributed by atoms with E-state index in [2.05, 4.69) is 30.1 Å². The normalized spacial score (nSPS) is 10.8. The maximum Gasteiger partial charge on any atom is 0.200 e. The summed E-state index contributed by atoms with van der Waals surface area (Å²) >= 11 is 0. The van der Waals surface area contributed by atoms with Gasteiger partial charge >= 0.3 is 0 Å². The number of aromatic nitrogens is 6. The van der Waals surface area contributed by atoms with Crippen molar-refractivity contribution in [3.63, 3.8) is 0 Å². The van der Waals surface area contributed by atoms with Crippen LogP contribution in [0.2, 0.25) is 0 Å². The van der Waals surface area contributed by atoms with E-state index in [0.29, 0.717) is 28.7 Å². The molecule has 4 N–H and O–H groups in total. The Morgan fingerprint density at radius 2 is 1.92 bits per heavy atom. The summed E-state index contributed by atoms with van der Waals surface area (Å²) in [5.74, 6) is 1.11. The van der Waals surface area contributed by atoms with Gasteiger partial charge in [0.25, 0.3) is 0 Å². The SMILES string of the molecule is Nc1ncc(-c2cccc(CO)c2)nc1-c1nc(-c2ccccn2)n[nH]1. The van der Waals surface area contributed by atoms with Crippen molar-refractivity contribution >= 4 is 5.82 Å². The maximum atomic E-state index is 9.31. The van der Waals surface area contributed by atoms with Gasteiger partial charge in [0.2, 0.25) is 0 Å². The first-order chi connectivity index (χ1) is 12.7. The summed E-state index contributed by atoms with van der Waals surface area (Å²) in [6.07, 6.45) is 3.26. The first-order valence-electron chi connectivity index (χ1n) is 7.91. The molecule has 0 aliphatic carbocycles. The largest absolute Gasteiger partial charge is 0.392 e. The van der Waals surface area contributed by atoms with Crippen LogP contribution in [0.3, 0.4) is 0 Å². The first kappa shape index (κ1) is 15.9. The van der Waals surface area contributed by atoms with E-state index >= 15 is 0 Å². The highest BCUT2D eigenvalue weighted by atomic mass is 16.3. The molecule has 128 valence electrons. The Kier molecular flexibility index (Phi) is 4.08. The van der Waals surface area contributed by atoms with E-state index in [0.717, 1.165) is 11.1 Å². The van der Waals surface area contributed by atoms with Crippen molar-refractivity contribution in [2.75, 3.05) is 5.73 Å². The van der Waals surface area contributed by atoms with Crippen LogP contribution in [0.1, 0.15) is 5.56 Å². The average molecular weight is 345 g/mol. The average Bonchev–Trinajstić information content (AvgIpc) is 3.19. The lowest BCUT2D eigenvalue weighted by atomic mass is 10.1. The molecule has 3 aromatic heterocycles. The molecule has 3 heterocycles. The molecule has 0 atom stereocenters. The van der Waals surface area contributed by atoms with Crippen molar-refractivity contribution in [2.24, 2.45) is 0 Å². The third-order valence-electron chi connectivity index (χ3n) is 3.81. The molecule has 0 saturated carbocycles. The second kappa shape index (κ2) is 6.69. The van der Waals surface area contributed by atoms with Crippen molar-refractivity contribution in [1.82, 2.24) is 30.1 Å². The lowest BCUT2D eigenvalue weighted by Gasteiger charge is -2.06. The predicted octanol–water partition coefficient (Wildman–Crippen LogP) is 2.07. The fraction of sp³-hybridized carbons (Fsp3) is 0.0556. The van der Waals surface area contributed by atoms with Gasteiger partial charge in [-0.25, -0.2) is 15.0 Å². The second-order valence-corrected chi connectivity index (χ2v) is 5.57. The van der Waals surface area contributed by atoms with E-state index in [1.807, 2.05) is 42.5 Å². The Bertz CT molecular complexity index is 1050. The number of anilines is 1. The van der Waals surface area contributed by atoms with Gasteiger partial charge in [0.05, 0.1) is 18.5 Å². The summed E-state index contributed by atoms with van der Waals surface area (Å²) in [5, 5.41) is 16.3. The van der Waals surface area contributed by atoms with Gasteiger partial charge in [0.1, 0.15) is 11.4 Å². The number of nitrogens with one attached hydrogen (secondary N) is 1. The van der Waals surface area contributed by atoms with Crippen LogP contribution in [0.5, 0.6) is 0 Å². The number of nitrogens with zero attached hydrogens (tertiary/aromatic N) is 5. The standard InChI is InChI=1S/C18H15N7O/c19-16-15(18-23-17(24-25-18)13-6-1-2-7-20-13)22-14(9-21-16)12-5-3-4-11(8-12)10-26/h1-9,26H,10H2,(H2,19,21)(H,23,24,25). The molecule has 0 spiro atoms. The molecule has 0 unspecified atom stereocenters. The number of benzene rings is 1. The minimum absolute atomic E-state index is 0.0430. The number of hydrogen-bond donors (Lipinski definition) is 3. The molecule has 0 aliphatic heterocycles. The number of pyridine rings is 1. The summed E-state index contributed by atoms with van der Waals surface area (Å²) in [4.78, 5) is 17.4. The van der Waals surface area contributed by atoms with Gasteiger partial charge in [-0.2, -0.15) is 5.10 Å². The van der Waals surface area contributed by atoms with Crippen LogP contribution < -0.4 is 5.73 Å². The number of H-pyrrole nitrogens is 1. The van der Waals surface area contributed by atoms with Crippen molar-refractivity contribution in [3.8, 4) is 34.3 Å². The fourth-order valence-electron chi connectivity index (χ4n) is 2.52. The summed E-state index contributed by atoms with van der Waals surface area (Å²) in [7, 11) is 0. The van der Waals surface area contributed by atoms with Gasteiger partial charge in [0.15, 0.2) is 17.5 Å². The Labute approximate surface area is 148 Å². The molecule has 1 aromatic carbocycles. The van der Waals surface area contributed by atoms with Crippen LogP contribution in [0.15, 0.2) is 54.9 Å². The zero-order valence-corrected chi connectivity index (χ0v) is 13.7. The molecule has 0 saturated heterocycles. The van der Waals surface area contributed by atoms with Gasteiger partial charge in [-0.15, -0.1) is 0 Å². The van der Waals surface area contributed by atoms with Crippen LogP contribution in [-0.4, -0.2) is 35.2 Å². The molecular formula is C18H15N7O. The van der Waals surface area contributed by atoms with Crippen LogP contribution in [0.4, 0.5) is 5.82 Å². The van der Waals surface area contributed by atoms with Gasteiger partial charge in [-0.05, 0) is 23.8 Å². The molecule has 0 radical (unpaired) electrons. The molecule has 0 amide bonds. The summed E-state index contributed by atoms with van der Waals surface area (Å²) < 4.78 is 0. The minimum Gasteiger partial charge on any atom is -0.392 e. The number of hydrogen-bond acceptors (Lipinski definition) is 7. The van der Waals surface area contributed by atoms with Crippen molar-refractivity contribution in [3.05, 3.63) is 60.4 Å². The second-order valence-electron chi connectivity index (χ2n) is 5.57. The van der Waals surface area contributed by atoms with Crippen LogP contribution in [0.25, 0.3) is 34.3 Å². The number of nitrogens with two attached hydrogens (primary N) is 1. The molecule has 26 heavy (non-hydrogen) atoms. The Balaban J connectivity index is 1.74. The number of rotatable bonds is 4. The predicted molar refractivity (Wildman–Crippen MR) is 96.4 cm³/mol. The highest BCUT2D eigenvalue weighted by Gasteiger charge is 2.15. The third kappa shape index (κ3) is 3.01. The summed E-state index contributed by atoms with van der Waals surface area (Å²) in [6, 6.07) is 12.9. The zero-order valence-electron chi connectivity index (χ0n) is 13.7. The lowest BCUT2D eigenvalue weighted by molar-refractivity contribution is 0.282. The number of aromatic amines is 1. The zero-order chi connectivity index (χ0) is 17.9. The van der Waals surface area contributed by atoms with Gasteiger partial charge in [0, 0.05) is 11.8 Å².